The van der Waals surface area contributed by atoms with Crippen LogP contribution in [0.15, 0.2) is 64.3 Å². The maximum atomic E-state index is 13.5. The van der Waals surface area contributed by atoms with Gasteiger partial charge in [-0.05, 0) is 63.8 Å². The average molecular weight is 566 g/mol. The van der Waals surface area contributed by atoms with Gasteiger partial charge in [0.15, 0.2) is 0 Å². The minimum absolute atomic E-state index is 0.128. The van der Waals surface area contributed by atoms with Crippen molar-refractivity contribution in [1.29, 1.82) is 0 Å². The largest absolute Gasteiger partial charge is 0.330 e. The molecular weight excluding hydrogens is 530 g/mol. The summed E-state index contributed by atoms with van der Waals surface area (Å²) in [6.45, 7) is 4.63. The number of amides is 2. The molecule has 1 N–H and O–H groups in total. The van der Waals surface area contributed by atoms with E-state index in [0.717, 1.165) is 5.56 Å². The first-order valence-electron chi connectivity index (χ1n) is 13.6. The van der Waals surface area contributed by atoms with E-state index in [0.29, 0.717) is 43.6 Å². The summed E-state index contributed by atoms with van der Waals surface area (Å²) in [5.41, 5.74) is 2.15. The van der Waals surface area contributed by atoms with Gasteiger partial charge in [-0.2, -0.15) is 4.31 Å². The van der Waals surface area contributed by atoms with E-state index >= 15 is 0 Å². The highest BCUT2D eigenvalue weighted by molar-refractivity contribution is 7.89. The molecule has 40 heavy (non-hydrogen) atoms. The highest BCUT2D eigenvalue weighted by Crippen LogP contribution is 2.29. The van der Waals surface area contributed by atoms with Crippen LogP contribution in [0.5, 0.6) is 0 Å². The van der Waals surface area contributed by atoms with Crippen molar-refractivity contribution in [2.24, 2.45) is 13.0 Å². The van der Waals surface area contributed by atoms with Crippen LogP contribution in [0.4, 0.5) is 5.69 Å². The SMILES string of the molecule is Cc1ccc(S(=O)(=O)N2CCC(C(=O)N3CCC[C@@H]3C(=O)Nc3c(C)n(C)n(-c4ccccc4)c3=O)CC2)cc1. The van der Waals surface area contributed by atoms with E-state index in [1.54, 1.807) is 47.8 Å². The van der Waals surface area contributed by atoms with Crippen LogP contribution >= 0.6 is 0 Å². The molecule has 2 saturated heterocycles. The first-order chi connectivity index (χ1) is 19.1. The predicted octanol–water partition coefficient (Wildman–Crippen LogP) is 2.82. The van der Waals surface area contributed by atoms with Crippen LogP contribution in [0.1, 0.15) is 36.9 Å². The zero-order chi connectivity index (χ0) is 28.6. The molecule has 0 unspecified atom stereocenters. The van der Waals surface area contributed by atoms with Crippen LogP contribution in [0, 0.1) is 19.8 Å². The maximum absolute atomic E-state index is 13.5. The fraction of sp³-hybridized carbons (Fsp3) is 0.414. The molecule has 0 bridgehead atoms. The van der Waals surface area contributed by atoms with Gasteiger partial charge in [0.05, 0.1) is 16.3 Å². The first-order valence-corrected chi connectivity index (χ1v) is 15.1. The number of para-hydroxylation sites is 1. The van der Waals surface area contributed by atoms with Gasteiger partial charge in [-0.15, -0.1) is 0 Å². The smallest absolute Gasteiger partial charge is 0.295 e. The zero-order valence-electron chi connectivity index (χ0n) is 23.0. The van der Waals surface area contributed by atoms with Gasteiger partial charge in [0.2, 0.25) is 21.8 Å². The molecule has 2 aliphatic rings. The lowest BCUT2D eigenvalue weighted by molar-refractivity contribution is -0.141. The molecule has 0 saturated carbocycles. The third-order valence-electron chi connectivity index (χ3n) is 8.10. The molecule has 5 rings (SSSR count). The van der Waals surface area contributed by atoms with Crippen LogP contribution in [0.2, 0.25) is 0 Å². The Morgan fingerprint density at radius 2 is 1.55 bits per heavy atom. The van der Waals surface area contributed by atoms with E-state index in [1.807, 2.05) is 37.3 Å². The molecule has 2 fully saturated rings. The summed E-state index contributed by atoms with van der Waals surface area (Å²) in [5.74, 6) is -0.862. The highest BCUT2D eigenvalue weighted by atomic mass is 32.2. The number of likely N-dealkylation sites (tertiary alicyclic amines) is 1. The van der Waals surface area contributed by atoms with Crippen LogP contribution < -0.4 is 10.9 Å². The Bertz CT molecular complexity index is 1570. The molecule has 1 atom stereocenters. The van der Waals surface area contributed by atoms with Crippen molar-refractivity contribution >= 4 is 27.5 Å². The summed E-state index contributed by atoms with van der Waals surface area (Å²) in [6.07, 6.45) is 1.99. The Balaban J connectivity index is 1.26. The van der Waals surface area contributed by atoms with Gasteiger partial charge in [-0.1, -0.05) is 35.9 Å². The van der Waals surface area contributed by atoms with Gasteiger partial charge in [0.25, 0.3) is 5.56 Å². The number of piperidine rings is 1. The van der Waals surface area contributed by atoms with Crippen molar-refractivity contribution in [3.05, 3.63) is 76.2 Å². The molecule has 3 aromatic rings. The lowest BCUT2D eigenvalue weighted by Gasteiger charge is -2.34. The van der Waals surface area contributed by atoms with E-state index in [-0.39, 0.29) is 47.0 Å². The van der Waals surface area contributed by atoms with Gasteiger partial charge in [-0.25, -0.2) is 13.1 Å². The molecule has 2 aromatic carbocycles. The third kappa shape index (κ3) is 5.11. The Labute approximate surface area is 234 Å². The lowest BCUT2D eigenvalue weighted by atomic mass is 9.96. The molecular formula is C29H35N5O5S. The predicted molar refractivity (Wildman–Crippen MR) is 152 cm³/mol. The monoisotopic (exact) mass is 565 g/mol. The molecule has 2 amide bonds. The van der Waals surface area contributed by atoms with E-state index < -0.39 is 16.1 Å². The van der Waals surface area contributed by atoms with Crippen molar-refractivity contribution in [2.75, 3.05) is 25.0 Å². The van der Waals surface area contributed by atoms with Crippen LogP contribution in [-0.4, -0.2) is 64.5 Å². The number of aromatic nitrogens is 2. The molecule has 0 aliphatic carbocycles. The Hall–Kier alpha value is -3.70. The van der Waals surface area contributed by atoms with Crippen LogP contribution in [0.3, 0.4) is 0 Å². The first kappa shape index (κ1) is 27.9. The summed E-state index contributed by atoms with van der Waals surface area (Å²) < 4.78 is 30.8. The fourth-order valence-corrected chi connectivity index (χ4v) is 7.13. The number of rotatable bonds is 6. The standard InChI is InChI=1S/C29H35N5O5S/c1-20-11-13-24(14-12-20)40(38,39)32-18-15-22(16-19-32)28(36)33-17-7-10-25(33)27(35)30-26-21(2)31(3)34(29(26)37)23-8-5-4-6-9-23/h4-6,8-9,11-14,22,25H,7,10,15-19H2,1-3H3,(H,30,35)/t25-/m1/s1. The number of nitrogens with one attached hydrogen (secondary N) is 1. The highest BCUT2D eigenvalue weighted by Gasteiger charge is 2.40. The molecule has 212 valence electrons. The van der Waals surface area contributed by atoms with E-state index in [9.17, 15) is 22.8 Å². The quantitative estimate of drug-likeness (QED) is 0.494. The molecule has 3 heterocycles. The zero-order valence-corrected chi connectivity index (χ0v) is 23.9. The number of benzene rings is 2. The number of hydrogen-bond donors (Lipinski definition) is 1. The van der Waals surface area contributed by atoms with Crippen LogP contribution in [-0.2, 0) is 26.7 Å². The molecule has 10 nitrogen and oxygen atoms in total. The molecule has 2 aliphatic heterocycles. The summed E-state index contributed by atoms with van der Waals surface area (Å²) in [4.78, 5) is 42.0. The number of carbonyl (C=O) groups excluding carboxylic acids is 2. The number of aryl methyl sites for hydroxylation is 1. The molecule has 11 heteroatoms. The second-order valence-corrected chi connectivity index (χ2v) is 12.5. The van der Waals surface area contributed by atoms with Crippen molar-refractivity contribution in [3.63, 3.8) is 0 Å². The number of carbonyl (C=O) groups is 2. The van der Waals surface area contributed by atoms with E-state index in [2.05, 4.69) is 5.32 Å². The summed E-state index contributed by atoms with van der Waals surface area (Å²) in [7, 11) is -1.86. The van der Waals surface area contributed by atoms with Crippen molar-refractivity contribution < 1.29 is 18.0 Å². The lowest BCUT2D eigenvalue weighted by Crippen LogP contribution is -2.48. The molecule has 0 radical (unpaired) electrons. The fourth-order valence-electron chi connectivity index (χ4n) is 5.66. The number of sulfonamides is 1. The maximum Gasteiger partial charge on any atom is 0.295 e. The van der Waals surface area contributed by atoms with Gasteiger partial charge in [-0.3, -0.25) is 19.1 Å². The van der Waals surface area contributed by atoms with Crippen molar-refractivity contribution in [1.82, 2.24) is 18.6 Å². The molecule has 1 aromatic heterocycles. The van der Waals surface area contributed by atoms with Gasteiger partial charge in [0.1, 0.15) is 11.7 Å². The average Bonchev–Trinajstić information content (AvgIpc) is 3.53. The second kappa shape index (κ2) is 11.1. The van der Waals surface area contributed by atoms with Crippen LogP contribution in [0.25, 0.3) is 5.69 Å². The summed E-state index contributed by atoms with van der Waals surface area (Å²) in [6, 6.07) is 15.3. The van der Waals surface area contributed by atoms with E-state index in [1.165, 1.54) is 8.99 Å². The van der Waals surface area contributed by atoms with Gasteiger partial charge in [0, 0.05) is 32.6 Å². The minimum atomic E-state index is -3.62. The number of hydrogen-bond acceptors (Lipinski definition) is 5. The summed E-state index contributed by atoms with van der Waals surface area (Å²) in [5, 5.41) is 2.81. The Morgan fingerprint density at radius 1 is 0.900 bits per heavy atom. The number of anilines is 1. The van der Waals surface area contributed by atoms with E-state index in [4.69, 9.17) is 0 Å². The minimum Gasteiger partial charge on any atom is -0.330 e. The topological polar surface area (TPSA) is 114 Å². The van der Waals surface area contributed by atoms with Gasteiger partial charge >= 0.3 is 0 Å². The third-order valence-corrected chi connectivity index (χ3v) is 10.0. The van der Waals surface area contributed by atoms with Crippen molar-refractivity contribution in [2.45, 2.75) is 50.5 Å². The second-order valence-electron chi connectivity index (χ2n) is 10.6. The summed E-state index contributed by atoms with van der Waals surface area (Å²) >= 11 is 0. The Morgan fingerprint density at radius 3 is 2.20 bits per heavy atom. The normalized spacial score (nSPS) is 18.7. The molecule has 0 spiro atoms. The van der Waals surface area contributed by atoms with Crippen molar-refractivity contribution in [3.8, 4) is 5.69 Å². The number of nitrogens with zero attached hydrogens (tertiary/aromatic N) is 4. The van der Waals surface area contributed by atoms with Gasteiger partial charge < -0.3 is 10.2 Å². The Kier molecular flexibility index (Phi) is 7.70.